The van der Waals surface area contributed by atoms with Crippen LogP contribution in [0.1, 0.15) is 37.7 Å². The molecule has 0 atom stereocenters. The molecule has 1 N–H and O–H groups in total. The largest absolute Gasteiger partial charge is 0.361 e. The van der Waals surface area contributed by atoms with Crippen molar-refractivity contribution in [2.45, 2.75) is 45.2 Å². The van der Waals surface area contributed by atoms with E-state index in [0.717, 1.165) is 24.0 Å². The lowest BCUT2D eigenvalue weighted by molar-refractivity contribution is 0.319. The van der Waals surface area contributed by atoms with Crippen molar-refractivity contribution in [3.05, 3.63) is 82.7 Å². The fourth-order valence-electron chi connectivity index (χ4n) is 4.50. The third-order valence-corrected chi connectivity index (χ3v) is 6.30. The van der Waals surface area contributed by atoms with E-state index >= 15 is 0 Å². The van der Waals surface area contributed by atoms with E-state index in [-0.39, 0.29) is 11.4 Å². The highest BCUT2D eigenvalue weighted by Gasteiger charge is 2.19. The smallest absolute Gasteiger partial charge is 0.294 e. The first-order valence-corrected chi connectivity index (χ1v) is 11.5. The molecule has 4 aromatic rings. The molecule has 1 aliphatic carbocycles. The summed E-state index contributed by atoms with van der Waals surface area (Å²) in [5, 5.41) is 3.21. The van der Waals surface area contributed by atoms with Gasteiger partial charge in [-0.15, -0.1) is 0 Å². The van der Waals surface area contributed by atoms with Gasteiger partial charge in [-0.1, -0.05) is 19.3 Å². The fourth-order valence-corrected chi connectivity index (χ4v) is 4.50. The zero-order chi connectivity index (χ0) is 22.6. The van der Waals surface area contributed by atoms with Crippen LogP contribution >= 0.6 is 0 Å². The highest BCUT2D eigenvalue weighted by atomic mass is 19.1. The topological polar surface area (TPSA) is 72.7 Å². The van der Waals surface area contributed by atoms with Crippen molar-refractivity contribution in [2.24, 2.45) is 5.92 Å². The van der Waals surface area contributed by atoms with E-state index < -0.39 is 0 Å². The maximum Gasteiger partial charge on any atom is 0.294 e. The Morgan fingerprint density at radius 2 is 1.70 bits per heavy atom. The number of halogens is 1. The highest BCUT2D eigenvalue weighted by molar-refractivity contribution is 5.76. The second kappa shape index (κ2) is 9.48. The summed E-state index contributed by atoms with van der Waals surface area (Å²) in [6, 6.07) is 13.8. The molecule has 1 aliphatic rings. The molecule has 0 saturated heterocycles. The quantitative estimate of drug-likeness (QED) is 0.444. The molecule has 0 aliphatic heterocycles. The van der Waals surface area contributed by atoms with Crippen molar-refractivity contribution in [1.82, 2.24) is 19.5 Å². The van der Waals surface area contributed by atoms with Crippen LogP contribution in [0.15, 0.2) is 65.7 Å². The molecule has 0 spiro atoms. The highest BCUT2D eigenvalue weighted by Crippen LogP contribution is 2.26. The molecule has 3 aromatic heterocycles. The average molecular weight is 444 g/mol. The van der Waals surface area contributed by atoms with Crippen LogP contribution in [0.5, 0.6) is 0 Å². The van der Waals surface area contributed by atoms with Gasteiger partial charge in [-0.25, -0.2) is 14.4 Å². The van der Waals surface area contributed by atoms with Crippen LogP contribution in [0.4, 0.5) is 10.2 Å². The van der Waals surface area contributed by atoms with Crippen molar-refractivity contribution >= 4 is 17.0 Å². The van der Waals surface area contributed by atoms with Crippen molar-refractivity contribution in [3.63, 3.8) is 0 Å². The summed E-state index contributed by atoms with van der Waals surface area (Å²) in [5.74, 6) is 0.484. The molecule has 168 valence electrons. The monoisotopic (exact) mass is 443 g/mol. The molecule has 1 saturated carbocycles. The molecule has 1 fully saturated rings. The van der Waals surface area contributed by atoms with Gasteiger partial charge in [0.25, 0.3) is 5.56 Å². The first-order chi connectivity index (χ1) is 16.2. The molecule has 0 amide bonds. The molecule has 0 bridgehead atoms. The molecule has 1 aromatic carbocycles. The lowest BCUT2D eigenvalue weighted by atomic mass is 9.89. The van der Waals surface area contributed by atoms with Gasteiger partial charge in [0.15, 0.2) is 11.5 Å². The third-order valence-electron chi connectivity index (χ3n) is 6.30. The molecule has 6 nitrogen and oxygen atoms in total. The van der Waals surface area contributed by atoms with E-state index in [0.29, 0.717) is 41.7 Å². The second-order valence-electron chi connectivity index (χ2n) is 8.64. The van der Waals surface area contributed by atoms with Gasteiger partial charge in [0.05, 0.1) is 5.69 Å². The van der Waals surface area contributed by atoms with Crippen molar-refractivity contribution in [2.75, 3.05) is 5.32 Å². The Bertz CT molecular complexity index is 1300. The van der Waals surface area contributed by atoms with Crippen LogP contribution in [-0.2, 0) is 13.1 Å². The SMILES string of the molecule is O=c1c(NCc2ccncc2)nc2ccc(-c3ccc(F)cc3)nc2n1CC1CCCCC1. The van der Waals surface area contributed by atoms with Crippen molar-refractivity contribution in [3.8, 4) is 11.3 Å². The van der Waals surface area contributed by atoms with Gasteiger partial charge < -0.3 is 5.32 Å². The Morgan fingerprint density at radius 3 is 2.45 bits per heavy atom. The van der Waals surface area contributed by atoms with Gasteiger partial charge in [-0.3, -0.25) is 14.3 Å². The first kappa shape index (κ1) is 21.2. The maximum atomic E-state index is 13.5. The Morgan fingerprint density at radius 1 is 0.939 bits per heavy atom. The minimum atomic E-state index is -0.291. The normalized spacial score (nSPS) is 14.5. The Kier molecular flexibility index (Phi) is 6.11. The Hall–Kier alpha value is -3.61. The number of nitrogens with one attached hydrogen (secondary N) is 1. The molecular weight excluding hydrogens is 417 g/mol. The van der Waals surface area contributed by atoms with E-state index in [9.17, 15) is 9.18 Å². The predicted octanol–water partition coefficient (Wildman–Crippen LogP) is 5.19. The zero-order valence-corrected chi connectivity index (χ0v) is 18.4. The number of benzene rings is 1. The van der Waals surface area contributed by atoms with Crippen LogP contribution in [0.25, 0.3) is 22.4 Å². The standard InChI is InChI=1S/C26H26FN5O/c27-21-8-6-20(7-9-21)22-10-11-23-25(31-22)32(17-19-4-2-1-3-5-19)26(33)24(30-23)29-16-18-12-14-28-15-13-18/h6-15,19H,1-5,16-17H2,(H,29,30). The number of anilines is 1. The summed E-state index contributed by atoms with van der Waals surface area (Å²) in [5.41, 5.74) is 3.59. The van der Waals surface area contributed by atoms with Crippen LogP contribution in [0.2, 0.25) is 0 Å². The molecule has 0 radical (unpaired) electrons. The van der Waals surface area contributed by atoms with E-state index in [1.807, 2.05) is 24.3 Å². The number of pyridine rings is 2. The average Bonchev–Trinajstić information content (AvgIpc) is 2.86. The number of fused-ring (bicyclic) bond motifs is 1. The zero-order valence-electron chi connectivity index (χ0n) is 18.4. The molecule has 7 heteroatoms. The van der Waals surface area contributed by atoms with Gasteiger partial charge in [0, 0.05) is 31.0 Å². The first-order valence-electron chi connectivity index (χ1n) is 11.5. The van der Waals surface area contributed by atoms with E-state index in [1.165, 1.54) is 31.4 Å². The summed E-state index contributed by atoms with van der Waals surface area (Å²) < 4.78 is 15.2. The summed E-state index contributed by atoms with van der Waals surface area (Å²) in [4.78, 5) is 27.0. The van der Waals surface area contributed by atoms with Crippen LogP contribution < -0.4 is 10.9 Å². The fraction of sp³-hybridized carbons (Fsp3) is 0.308. The van der Waals surface area contributed by atoms with Crippen LogP contribution in [0.3, 0.4) is 0 Å². The summed E-state index contributed by atoms with van der Waals surface area (Å²) in [6.45, 7) is 1.11. The summed E-state index contributed by atoms with van der Waals surface area (Å²) in [7, 11) is 0. The van der Waals surface area contributed by atoms with Crippen LogP contribution in [0, 0.1) is 11.7 Å². The number of hydrogen-bond donors (Lipinski definition) is 1. The lowest BCUT2D eigenvalue weighted by Gasteiger charge is -2.23. The molecule has 0 unspecified atom stereocenters. The third kappa shape index (κ3) is 4.77. The van der Waals surface area contributed by atoms with Gasteiger partial charge >= 0.3 is 0 Å². The van der Waals surface area contributed by atoms with E-state index in [4.69, 9.17) is 4.98 Å². The Labute approximate surface area is 191 Å². The van der Waals surface area contributed by atoms with Gasteiger partial charge in [0.1, 0.15) is 11.3 Å². The van der Waals surface area contributed by atoms with Crippen LogP contribution in [-0.4, -0.2) is 19.5 Å². The minimum Gasteiger partial charge on any atom is -0.361 e. The minimum absolute atomic E-state index is 0.161. The molecule has 33 heavy (non-hydrogen) atoms. The number of aromatic nitrogens is 4. The number of nitrogens with zero attached hydrogens (tertiary/aromatic N) is 4. The van der Waals surface area contributed by atoms with E-state index in [1.54, 1.807) is 29.1 Å². The second-order valence-corrected chi connectivity index (χ2v) is 8.64. The molecular formula is C26H26FN5O. The lowest BCUT2D eigenvalue weighted by Crippen LogP contribution is -2.29. The predicted molar refractivity (Wildman–Crippen MR) is 127 cm³/mol. The number of hydrogen-bond acceptors (Lipinski definition) is 5. The van der Waals surface area contributed by atoms with Gasteiger partial charge in [-0.2, -0.15) is 0 Å². The van der Waals surface area contributed by atoms with Gasteiger partial charge in [0.2, 0.25) is 0 Å². The van der Waals surface area contributed by atoms with Crippen molar-refractivity contribution in [1.29, 1.82) is 0 Å². The van der Waals surface area contributed by atoms with Crippen molar-refractivity contribution < 1.29 is 4.39 Å². The van der Waals surface area contributed by atoms with Gasteiger partial charge in [-0.05, 0) is 72.9 Å². The summed E-state index contributed by atoms with van der Waals surface area (Å²) in [6.07, 6.45) is 9.35. The Balaban J connectivity index is 1.56. The maximum absolute atomic E-state index is 13.5. The molecule has 5 rings (SSSR count). The molecule has 3 heterocycles. The summed E-state index contributed by atoms with van der Waals surface area (Å²) >= 11 is 0. The number of rotatable bonds is 6. The van der Waals surface area contributed by atoms with E-state index in [2.05, 4.69) is 15.3 Å².